The van der Waals surface area contributed by atoms with Crippen LogP contribution in [0.5, 0.6) is 5.75 Å². The lowest BCUT2D eigenvalue weighted by molar-refractivity contribution is -0.121. The number of rotatable bonds is 19. The molecule has 0 saturated carbocycles. The Bertz CT molecular complexity index is 1030. The monoisotopic (exact) mass is 614 g/mol. The molecule has 1 heterocycles. The van der Waals surface area contributed by atoms with Crippen molar-refractivity contribution in [1.29, 1.82) is 0 Å². The highest BCUT2D eigenvalue weighted by Crippen LogP contribution is 2.38. The van der Waals surface area contributed by atoms with Gasteiger partial charge in [0.1, 0.15) is 17.4 Å². The summed E-state index contributed by atoms with van der Waals surface area (Å²) in [7, 11) is 3.10. The molecule has 1 amide bonds. The van der Waals surface area contributed by atoms with Crippen LogP contribution < -0.4 is 20.7 Å². The molecule has 0 spiro atoms. The molecular weight excluding hydrogens is 568 g/mol. The molecule has 0 saturated heterocycles. The van der Waals surface area contributed by atoms with Crippen LogP contribution in [0.15, 0.2) is 17.5 Å². The van der Waals surface area contributed by atoms with Gasteiger partial charge in [0.15, 0.2) is 17.1 Å². The van der Waals surface area contributed by atoms with E-state index in [0.717, 1.165) is 13.0 Å². The standard InChI is InChI=1S/C22H37ClN2O4.C7H10N2O2S/c1-5-6-7-8-9-10-11-12-15-24-22-18(25-17(2)26)13-14-19(21(22)23)29-16-20(27-3)28-4;1-4(2)8-7-9-5(3-12-7)6(10)11/h13-14,20,24H,5-12,15-16H2,1-4H3,(H,25,26);3-4H,1-2H3,(H,8,9)(H,10,11). The van der Waals surface area contributed by atoms with Gasteiger partial charge in [0, 0.05) is 39.1 Å². The van der Waals surface area contributed by atoms with Crippen LogP contribution in [0.4, 0.5) is 16.5 Å². The van der Waals surface area contributed by atoms with Gasteiger partial charge in [0.05, 0.1) is 11.4 Å². The minimum absolute atomic E-state index is 0.100. The molecule has 41 heavy (non-hydrogen) atoms. The molecule has 1 aromatic carbocycles. The fraction of sp³-hybridized carbons (Fsp3) is 0.621. The van der Waals surface area contributed by atoms with Gasteiger partial charge in [0.25, 0.3) is 0 Å². The Morgan fingerprint density at radius 3 is 2.22 bits per heavy atom. The number of carbonyl (C=O) groups is 2. The Hall–Kier alpha value is -2.60. The van der Waals surface area contributed by atoms with Crippen LogP contribution in [-0.2, 0) is 14.3 Å². The molecule has 0 unspecified atom stereocenters. The van der Waals surface area contributed by atoms with Gasteiger partial charge < -0.3 is 35.3 Å². The van der Waals surface area contributed by atoms with E-state index in [9.17, 15) is 9.59 Å². The zero-order chi connectivity index (χ0) is 30.6. The van der Waals surface area contributed by atoms with Crippen molar-refractivity contribution in [3.8, 4) is 5.75 Å². The van der Waals surface area contributed by atoms with Gasteiger partial charge in [-0.05, 0) is 32.4 Å². The summed E-state index contributed by atoms with van der Waals surface area (Å²) in [6, 6.07) is 3.79. The van der Waals surface area contributed by atoms with E-state index in [0.29, 0.717) is 27.3 Å². The van der Waals surface area contributed by atoms with Gasteiger partial charge in [-0.3, -0.25) is 4.79 Å². The number of hydrogen-bond acceptors (Lipinski definition) is 9. The molecule has 0 aliphatic rings. The van der Waals surface area contributed by atoms with Crippen LogP contribution in [0.3, 0.4) is 0 Å². The highest BCUT2D eigenvalue weighted by atomic mass is 35.5. The number of amides is 1. The first-order valence-corrected chi connectivity index (χ1v) is 15.4. The molecule has 12 heteroatoms. The van der Waals surface area contributed by atoms with Crippen molar-refractivity contribution in [2.45, 2.75) is 91.4 Å². The largest absolute Gasteiger partial charge is 0.487 e. The number of carboxylic acid groups (broad SMARTS) is 1. The third-order valence-electron chi connectivity index (χ3n) is 5.79. The third-order valence-corrected chi connectivity index (χ3v) is 6.93. The molecule has 2 aromatic rings. The number of halogens is 1. The lowest BCUT2D eigenvalue weighted by Gasteiger charge is -2.19. The number of nitrogens with zero attached hydrogens (tertiary/aromatic N) is 1. The molecule has 232 valence electrons. The summed E-state index contributed by atoms with van der Waals surface area (Å²) in [6.07, 6.45) is 9.55. The van der Waals surface area contributed by atoms with E-state index in [1.165, 1.54) is 68.6 Å². The lowest BCUT2D eigenvalue weighted by atomic mass is 10.1. The molecule has 0 fully saturated rings. The first-order valence-electron chi connectivity index (χ1n) is 14.1. The molecule has 0 aliphatic carbocycles. The number of carboxylic acids is 1. The van der Waals surface area contributed by atoms with Gasteiger partial charge in [-0.15, -0.1) is 11.3 Å². The van der Waals surface area contributed by atoms with E-state index in [2.05, 4.69) is 27.9 Å². The van der Waals surface area contributed by atoms with Crippen molar-refractivity contribution < 1.29 is 28.9 Å². The normalized spacial score (nSPS) is 10.8. The van der Waals surface area contributed by atoms with Crippen molar-refractivity contribution in [3.63, 3.8) is 0 Å². The maximum Gasteiger partial charge on any atom is 0.355 e. The molecule has 0 bridgehead atoms. The molecule has 0 atom stereocenters. The summed E-state index contributed by atoms with van der Waals surface area (Å²) in [4.78, 5) is 25.8. The number of methoxy groups -OCH3 is 2. The van der Waals surface area contributed by atoms with Crippen molar-refractivity contribution in [3.05, 3.63) is 28.2 Å². The van der Waals surface area contributed by atoms with E-state index in [4.69, 9.17) is 30.9 Å². The molecule has 1 aromatic heterocycles. The number of nitrogens with one attached hydrogen (secondary N) is 3. The third kappa shape index (κ3) is 15.3. The average molecular weight is 615 g/mol. The Balaban J connectivity index is 0.000000580. The van der Waals surface area contributed by atoms with Crippen LogP contribution >= 0.6 is 22.9 Å². The SMILES string of the molecule is CC(C)Nc1nc(C(=O)O)cs1.CCCCCCCCCCNc1c(NC(C)=O)ccc(OCC(OC)OC)c1Cl. The van der Waals surface area contributed by atoms with Gasteiger partial charge in [-0.1, -0.05) is 63.5 Å². The first-order chi connectivity index (χ1) is 19.6. The number of ether oxygens (including phenoxy) is 3. The van der Waals surface area contributed by atoms with Crippen LogP contribution in [-0.4, -0.2) is 61.7 Å². The summed E-state index contributed by atoms with van der Waals surface area (Å²) >= 11 is 7.86. The van der Waals surface area contributed by atoms with Crippen LogP contribution in [0.1, 0.15) is 89.5 Å². The molecule has 2 rings (SSSR count). The van der Waals surface area contributed by atoms with Crippen molar-refractivity contribution in [1.82, 2.24) is 4.98 Å². The number of hydrogen-bond donors (Lipinski definition) is 4. The molecule has 4 N–H and O–H groups in total. The van der Waals surface area contributed by atoms with Gasteiger partial charge in [-0.25, -0.2) is 9.78 Å². The number of aromatic carboxylic acids is 1. The Morgan fingerprint density at radius 2 is 1.68 bits per heavy atom. The van der Waals surface area contributed by atoms with E-state index in [1.54, 1.807) is 26.4 Å². The summed E-state index contributed by atoms with van der Waals surface area (Å²) in [5, 5.41) is 20.4. The highest BCUT2D eigenvalue weighted by molar-refractivity contribution is 7.13. The predicted octanol–water partition coefficient (Wildman–Crippen LogP) is 7.51. The van der Waals surface area contributed by atoms with E-state index in [1.807, 2.05) is 13.8 Å². The fourth-order valence-electron chi connectivity index (χ4n) is 3.68. The van der Waals surface area contributed by atoms with Crippen LogP contribution in [0.25, 0.3) is 0 Å². The van der Waals surface area contributed by atoms with Crippen LogP contribution in [0, 0.1) is 0 Å². The van der Waals surface area contributed by atoms with E-state index in [-0.39, 0.29) is 24.2 Å². The topological polar surface area (TPSA) is 131 Å². The molecule has 0 radical (unpaired) electrons. The minimum atomic E-state index is -0.983. The summed E-state index contributed by atoms with van der Waals surface area (Å²) in [5.41, 5.74) is 1.42. The highest BCUT2D eigenvalue weighted by Gasteiger charge is 2.15. The molecule has 0 aliphatic heterocycles. The fourth-order valence-corrected chi connectivity index (χ4v) is 4.80. The first kappa shape index (κ1) is 36.4. The smallest absolute Gasteiger partial charge is 0.355 e. The summed E-state index contributed by atoms with van der Waals surface area (Å²) in [5.74, 6) is -0.620. The predicted molar refractivity (Wildman–Crippen MR) is 168 cm³/mol. The number of thiazole rings is 1. The van der Waals surface area contributed by atoms with Crippen molar-refractivity contribution in [2.24, 2.45) is 0 Å². The number of carbonyl (C=O) groups excluding carboxylic acids is 1. The second-order valence-corrected chi connectivity index (χ2v) is 11.0. The van der Waals surface area contributed by atoms with Gasteiger partial charge in [0.2, 0.25) is 5.91 Å². The van der Waals surface area contributed by atoms with Crippen molar-refractivity contribution >= 4 is 51.3 Å². The number of unbranched alkanes of at least 4 members (excludes halogenated alkanes) is 7. The maximum absolute atomic E-state index is 11.5. The lowest BCUT2D eigenvalue weighted by Crippen LogP contribution is -2.22. The molecular formula is C29H47ClN4O6S. The quantitative estimate of drug-likeness (QED) is 0.0937. The Labute approximate surface area is 253 Å². The number of aromatic nitrogens is 1. The van der Waals surface area contributed by atoms with E-state index >= 15 is 0 Å². The zero-order valence-corrected chi connectivity index (χ0v) is 26.8. The minimum Gasteiger partial charge on any atom is -0.487 e. The summed E-state index contributed by atoms with van der Waals surface area (Å²) < 4.78 is 16.0. The van der Waals surface area contributed by atoms with E-state index < -0.39 is 12.3 Å². The van der Waals surface area contributed by atoms with Gasteiger partial charge in [-0.2, -0.15) is 0 Å². The second kappa shape index (κ2) is 21.2. The average Bonchev–Trinajstić information content (AvgIpc) is 3.39. The Kier molecular flexibility index (Phi) is 18.8. The van der Waals surface area contributed by atoms with Gasteiger partial charge >= 0.3 is 5.97 Å². The summed E-state index contributed by atoms with van der Waals surface area (Å²) in [6.45, 7) is 8.65. The molecule has 10 nitrogen and oxygen atoms in total. The maximum atomic E-state index is 11.5. The number of anilines is 3. The zero-order valence-electron chi connectivity index (χ0n) is 25.2. The van der Waals surface area contributed by atoms with Crippen LogP contribution in [0.2, 0.25) is 5.02 Å². The number of benzene rings is 1. The Morgan fingerprint density at radius 1 is 1.05 bits per heavy atom. The van der Waals surface area contributed by atoms with Crippen molar-refractivity contribution in [2.75, 3.05) is 43.3 Å². The second-order valence-electron chi connectivity index (χ2n) is 9.74.